The highest BCUT2D eigenvalue weighted by Gasteiger charge is 2.15. The van der Waals surface area contributed by atoms with E-state index < -0.39 is 10.0 Å². The van der Waals surface area contributed by atoms with Crippen molar-refractivity contribution < 1.29 is 8.42 Å². The number of hydrogen-bond donors (Lipinski definition) is 2. The summed E-state index contributed by atoms with van der Waals surface area (Å²) >= 11 is 0. The molecule has 0 aromatic carbocycles. The highest BCUT2D eigenvalue weighted by molar-refractivity contribution is 7.89. The van der Waals surface area contributed by atoms with Crippen LogP contribution in [-0.2, 0) is 10.0 Å². The number of nitrogens with zero attached hydrogens (tertiary/aromatic N) is 2. The maximum absolute atomic E-state index is 11.8. The van der Waals surface area contributed by atoms with E-state index in [4.69, 9.17) is 0 Å². The van der Waals surface area contributed by atoms with Crippen molar-refractivity contribution in [2.45, 2.75) is 30.6 Å². The fraction of sp³-hybridized carbons (Fsp3) is 0.727. The molecule has 1 saturated heterocycles. The smallest absolute Gasteiger partial charge is 0.243 e. The average Bonchev–Trinajstić information content (AvgIpc) is 2.76. The SMILES string of the molecule is O=S(=O)(NCCN1CCCCCC1)c1cn[nH]c1. The largest absolute Gasteiger partial charge is 0.302 e. The van der Waals surface area contributed by atoms with Crippen LogP contribution in [0.15, 0.2) is 17.3 Å². The van der Waals surface area contributed by atoms with E-state index in [0.717, 1.165) is 19.6 Å². The molecule has 1 aromatic rings. The predicted octanol–water partition coefficient (Wildman–Crippen LogP) is 0.564. The van der Waals surface area contributed by atoms with Gasteiger partial charge in [-0.15, -0.1) is 0 Å². The Morgan fingerprint density at radius 2 is 2.00 bits per heavy atom. The first-order chi connectivity index (χ1) is 8.68. The average molecular weight is 272 g/mol. The van der Waals surface area contributed by atoms with Gasteiger partial charge >= 0.3 is 0 Å². The second kappa shape index (κ2) is 6.31. The van der Waals surface area contributed by atoms with Gasteiger partial charge in [0.1, 0.15) is 4.90 Å². The fourth-order valence-electron chi connectivity index (χ4n) is 2.17. The maximum atomic E-state index is 11.8. The number of nitrogens with one attached hydrogen (secondary N) is 2. The minimum Gasteiger partial charge on any atom is -0.302 e. The second-order valence-electron chi connectivity index (χ2n) is 4.59. The highest BCUT2D eigenvalue weighted by Crippen LogP contribution is 2.09. The summed E-state index contributed by atoms with van der Waals surface area (Å²) in [5.41, 5.74) is 0. The van der Waals surface area contributed by atoms with Crippen LogP contribution in [-0.4, -0.2) is 49.7 Å². The Balaban J connectivity index is 1.78. The van der Waals surface area contributed by atoms with Crippen LogP contribution in [0, 0.1) is 0 Å². The lowest BCUT2D eigenvalue weighted by atomic mass is 10.2. The van der Waals surface area contributed by atoms with Crippen molar-refractivity contribution in [3.63, 3.8) is 0 Å². The van der Waals surface area contributed by atoms with Crippen molar-refractivity contribution in [3.05, 3.63) is 12.4 Å². The summed E-state index contributed by atoms with van der Waals surface area (Å²) in [5, 5.41) is 6.15. The number of aromatic nitrogens is 2. The van der Waals surface area contributed by atoms with E-state index in [1.165, 1.54) is 38.1 Å². The van der Waals surface area contributed by atoms with Gasteiger partial charge in [0, 0.05) is 19.3 Å². The highest BCUT2D eigenvalue weighted by atomic mass is 32.2. The van der Waals surface area contributed by atoms with Crippen LogP contribution in [0.3, 0.4) is 0 Å². The van der Waals surface area contributed by atoms with Gasteiger partial charge in [0.2, 0.25) is 10.0 Å². The Labute approximate surface area is 108 Å². The number of hydrogen-bond acceptors (Lipinski definition) is 4. The first-order valence-corrected chi connectivity index (χ1v) is 7.87. The van der Waals surface area contributed by atoms with Crippen molar-refractivity contribution in [1.29, 1.82) is 0 Å². The van der Waals surface area contributed by atoms with Crippen LogP contribution in [0.4, 0.5) is 0 Å². The number of rotatable bonds is 5. The molecule has 0 spiro atoms. The Hall–Kier alpha value is -0.920. The molecule has 0 saturated carbocycles. The van der Waals surface area contributed by atoms with Crippen molar-refractivity contribution in [1.82, 2.24) is 19.8 Å². The minimum absolute atomic E-state index is 0.193. The summed E-state index contributed by atoms with van der Waals surface area (Å²) in [4.78, 5) is 2.52. The Morgan fingerprint density at radius 1 is 1.28 bits per heavy atom. The van der Waals surface area contributed by atoms with Gasteiger partial charge in [-0.25, -0.2) is 13.1 Å². The van der Waals surface area contributed by atoms with Gasteiger partial charge in [0.25, 0.3) is 0 Å². The molecule has 0 bridgehead atoms. The van der Waals surface area contributed by atoms with Crippen molar-refractivity contribution in [2.75, 3.05) is 26.2 Å². The molecule has 2 rings (SSSR count). The molecule has 0 amide bonds. The molecule has 2 heterocycles. The Morgan fingerprint density at radius 3 is 2.61 bits per heavy atom. The van der Waals surface area contributed by atoms with E-state index in [-0.39, 0.29) is 4.90 Å². The molecule has 0 atom stereocenters. The van der Waals surface area contributed by atoms with Crippen molar-refractivity contribution in [2.24, 2.45) is 0 Å². The quantitative estimate of drug-likeness (QED) is 0.821. The lowest BCUT2D eigenvalue weighted by Crippen LogP contribution is -2.35. The van der Waals surface area contributed by atoms with E-state index in [1.54, 1.807) is 0 Å². The van der Waals surface area contributed by atoms with E-state index in [2.05, 4.69) is 19.8 Å². The monoisotopic (exact) mass is 272 g/mol. The van der Waals surface area contributed by atoms with Crippen LogP contribution in [0.2, 0.25) is 0 Å². The third kappa shape index (κ3) is 3.79. The molecule has 18 heavy (non-hydrogen) atoms. The van der Waals surface area contributed by atoms with Crippen molar-refractivity contribution in [3.8, 4) is 0 Å². The lowest BCUT2D eigenvalue weighted by Gasteiger charge is -2.19. The minimum atomic E-state index is -3.40. The van der Waals surface area contributed by atoms with Crippen LogP contribution >= 0.6 is 0 Å². The van der Waals surface area contributed by atoms with Gasteiger partial charge in [0.05, 0.1) is 6.20 Å². The zero-order chi connectivity index (χ0) is 12.8. The van der Waals surface area contributed by atoms with Crippen LogP contribution in [0.1, 0.15) is 25.7 Å². The predicted molar refractivity (Wildman–Crippen MR) is 68.7 cm³/mol. The molecule has 1 aromatic heterocycles. The van der Waals surface area contributed by atoms with E-state index in [9.17, 15) is 8.42 Å². The van der Waals surface area contributed by atoms with Crippen molar-refractivity contribution >= 4 is 10.0 Å². The zero-order valence-electron chi connectivity index (χ0n) is 10.4. The number of H-pyrrole nitrogens is 1. The third-order valence-corrected chi connectivity index (χ3v) is 4.63. The van der Waals surface area contributed by atoms with Gasteiger partial charge in [-0.2, -0.15) is 5.10 Å². The first-order valence-electron chi connectivity index (χ1n) is 6.39. The van der Waals surface area contributed by atoms with Gasteiger partial charge in [-0.05, 0) is 25.9 Å². The molecule has 0 aliphatic carbocycles. The number of likely N-dealkylation sites (tertiary alicyclic amines) is 1. The molecule has 6 nitrogen and oxygen atoms in total. The van der Waals surface area contributed by atoms with Gasteiger partial charge in [-0.3, -0.25) is 5.10 Å². The topological polar surface area (TPSA) is 78.1 Å². The zero-order valence-corrected chi connectivity index (χ0v) is 11.2. The second-order valence-corrected chi connectivity index (χ2v) is 6.35. The molecule has 0 unspecified atom stereocenters. The molecule has 1 aliphatic heterocycles. The normalized spacial score (nSPS) is 18.7. The first kappa shape index (κ1) is 13.5. The maximum Gasteiger partial charge on any atom is 0.243 e. The van der Waals surface area contributed by atoms with Crippen LogP contribution < -0.4 is 4.72 Å². The number of aromatic amines is 1. The standard InChI is InChI=1S/C11H20N4O2S/c16-18(17,11-9-12-13-10-11)14-5-8-15-6-3-1-2-4-7-15/h9-10,14H,1-8H2,(H,12,13). The molecule has 1 fully saturated rings. The Kier molecular flexibility index (Phi) is 4.73. The van der Waals surface area contributed by atoms with E-state index in [1.807, 2.05) is 0 Å². The Bertz CT molecular complexity index is 436. The summed E-state index contributed by atoms with van der Waals surface area (Å²) in [6, 6.07) is 0. The summed E-state index contributed by atoms with van der Waals surface area (Å²) in [7, 11) is -3.40. The summed E-state index contributed by atoms with van der Waals surface area (Å²) in [6.45, 7) is 3.38. The molecule has 1 aliphatic rings. The van der Waals surface area contributed by atoms with Gasteiger partial charge in [0.15, 0.2) is 0 Å². The summed E-state index contributed by atoms with van der Waals surface area (Å²) in [6.07, 6.45) is 7.71. The molecular formula is C11H20N4O2S. The molecule has 2 N–H and O–H groups in total. The van der Waals surface area contributed by atoms with Crippen LogP contribution in [0.5, 0.6) is 0 Å². The summed E-state index contributed by atoms with van der Waals surface area (Å²) in [5.74, 6) is 0. The summed E-state index contributed by atoms with van der Waals surface area (Å²) < 4.78 is 26.2. The lowest BCUT2D eigenvalue weighted by molar-refractivity contribution is 0.290. The molecular weight excluding hydrogens is 252 g/mol. The van der Waals surface area contributed by atoms with Crippen LogP contribution in [0.25, 0.3) is 0 Å². The molecule has 102 valence electrons. The molecule has 7 heteroatoms. The van der Waals surface area contributed by atoms with E-state index in [0.29, 0.717) is 6.54 Å². The van der Waals surface area contributed by atoms with E-state index >= 15 is 0 Å². The van der Waals surface area contributed by atoms with Gasteiger partial charge in [-0.1, -0.05) is 12.8 Å². The van der Waals surface area contributed by atoms with Gasteiger partial charge < -0.3 is 4.90 Å². The number of sulfonamides is 1. The third-order valence-electron chi connectivity index (χ3n) is 3.20. The molecule has 0 radical (unpaired) electrons. The fourth-order valence-corrected chi connectivity index (χ4v) is 3.09.